The Kier molecular flexibility index (Phi) is 4.39. The molecule has 1 nitrogen and oxygen atoms in total. The maximum absolute atomic E-state index is 12.1. The van der Waals surface area contributed by atoms with Gasteiger partial charge in [0, 0.05) is 17.9 Å². The lowest BCUT2D eigenvalue weighted by Gasteiger charge is -2.05. The molecule has 2 heteroatoms. The molecule has 0 fully saturated rings. The smallest absolute Gasteiger partial charge is 0.141 e. The van der Waals surface area contributed by atoms with Crippen LogP contribution in [0.1, 0.15) is 22.3 Å². The van der Waals surface area contributed by atoms with Crippen molar-refractivity contribution in [2.45, 2.75) is 26.7 Å². The first-order chi connectivity index (χ1) is 9.04. The summed E-state index contributed by atoms with van der Waals surface area (Å²) in [6.45, 7) is 4.02. The minimum absolute atomic E-state index is 0.191. The molecule has 0 aliphatic rings. The average Bonchev–Trinajstić information content (AvgIpc) is 2.33. The minimum Gasteiger partial charge on any atom is -0.299 e. The van der Waals surface area contributed by atoms with Crippen molar-refractivity contribution in [1.29, 1.82) is 0 Å². The maximum atomic E-state index is 12.1. The maximum Gasteiger partial charge on any atom is 0.141 e. The fourth-order valence-electron chi connectivity index (χ4n) is 2.12. The Bertz CT molecular complexity index is 602. The summed E-state index contributed by atoms with van der Waals surface area (Å²) in [7, 11) is 0. The predicted octanol–water partition coefficient (Wildman–Crippen LogP) is 4.31. The highest BCUT2D eigenvalue weighted by Crippen LogP contribution is 2.19. The van der Waals surface area contributed by atoms with Crippen molar-refractivity contribution in [3.8, 4) is 0 Å². The molecule has 0 unspecified atom stereocenters. The van der Waals surface area contributed by atoms with Gasteiger partial charge in [0.1, 0.15) is 5.78 Å². The van der Waals surface area contributed by atoms with Gasteiger partial charge in [-0.1, -0.05) is 53.6 Å². The molecule has 0 aliphatic heterocycles. The number of hydrogen-bond donors (Lipinski definition) is 0. The van der Waals surface area contributed by atoms with E-state index in [9.17, 15) is 4.79 Å². The lowest BCUT2D eigenvalue weighted by molar-refractivity contribution is -0.117. The van der Waals surface area contributed by atoms with Crippen LogP contribution in [-0.2, 0) is 17.6 Å². The molecule has 0 radical (unpaired) electrons. The van der Waals surface area contributed by atoms with Crippen LogP contribution in [0.2, 0.25) is 5.02 Å². The average molecular weight is 273 g/mol. The highest BCUT2D eigenvalue weighted by atomic mass is 35.5. The second-order valence-electron chi connectivity index (χ2n) is 4.98. The molecule has 2 aromatic carbocycles. The molecule has 0 aromatic heterocycles. The van der Waals surface area contributed by atoms with E-state index < -0.39 is 0 Å². The van der Waals surface area contributed by atoms with E-state index in [2.05, 4.69) is 6.07 Å². The van der Waals surface area contributed by atoms with Crippen LogP contribution in [0.4, 0.5) is 0 Å². The first-order valence-corrected chi connectivity index (χ1v) is 6.74. The molecule has 98 valence electrons. The molecule has 0 saturated carbocycles. The van der Waals surface area contributed by atoms with Gasteiger partial charge in [0.25, 0.3) is 0 Å². The van der Waals surface area contributed by atoms with E-state index in [1.54, 1.807) is 0 Å². The van der Waals surface area contributed by atoms with Crippen molar-refractivity contribution < 1.29 is 4.79 Å². The van der Waals surface area contributed by atoms with Crippen molar-refractivity contribution in [1.82, 2.24) is 0 Å². The summed E-state index contributed by atoms with van der Waals surface area (Å²) in [6, 6.07) is 13.9. The third-order valence-corrected chi connectivity index (χ3v) is 3.43. The van der Waals surface area contributed by atoms with Gasteiger partial charge < -0.3 is 0 Å². The molecule has 19 heavy (non-hydrogen) atoms. The van der Waals surface area contributed by atoms with Crippen LogP contribution in [0.5, 0.6) is 0 Å². The molecular weight excluding hydrogens is 256 g/mol. The quantitative estimate of drug-likeness (QED) is 0.810. The first kappa shape index (κ1) is 13.8. The first-order valence-electron chi connectivity index (χ1n) is 6.37. The summed E-state index contributed by atoms with van der Waals surface area (Å²) in [5, 5.41) is 0.678. The summed E-state index contributed by atoms with van der Waals surface area (Å²) in [5.41, 5.74) is 4.26. The SMILES string of the molecule is Cc1cccc(CC(=O)Cc2ccc(C)cc2Cl)c1. The Labute approximate surface area is 119 Å². The Morgan fingerprint density at radius 1 is 1.00 bits per heavy atom. The van der Waals surface area contributed by atoms with Crippen molar-refractivity contribution >= 4 is 17.4 Å². The number of hydrogen-bond acceptors (Lipinski definition) is 1. The third-order valence-electron chi connectivity index (χ3n) is 3.08. The molecule has 0 atom stereocenters. The van der Waals surface area contributed by atoms with E-state index in [4.69, 9.17) is 11.6 Å². The van der Waals surface area contributed by atoms with Gasteiger partial charge in [-0.05, 0) is 36.6 Å². The van der Waals surface area contributed by atoms with Crippen LogP contribution in [0.15, 0.2) is 42.5 Å². The van der Waals surface area contributed by atoms with Crippen molar-refractivity contribution in [3.05, 3.63) is 69.7 Å². The van der Waals surface area contributed by atoms with Gasteiger partial charge in [0.15, 0.2) is 0 Å². The zero-order valence-electron chi connectivity index (χ0n) is 11.2. The second kappa shape index (κ2) is 6.03. The highest BCUT2D eigenvalue weighted by Gasteiger charge is 2.08. The number of carbonyl (C=O) groups is 1. The van der Waals surface area contributed by atoms with E-state index in [1.165, 1.54) is 5.56 Å². The van der Waals surface area contributed by atoms with E-state index >= 15 is 0 Å². The fraction of sp³-hybridized carbons (Fsp3) is 0.235. The molecule has 0 heterocycles. The van der Waals surface area contributed by atoms with Gasteiger partial charge >= 0.3 is 0 Å². The number of benzene rings is 2. The number of aryl methyl sites for hydroxylation is 2. The van der Waals surface area contributed by atoms with Gasteiger partial charge in [-0.25, -0.2) is 0 Å². The fourth-order valence-corrected chi connectivity index (χ4v) is 2.42. The summed E-state index contributed by atoms with van der Waals surface area (Å²) in [4.78, 5) is 12.1. The largest absolute Gasteiger partial charge is 0.299 e. The topological polar surface area (TPSA) is 17.1 Å². The summed E-state index contributed by atoms with van der Waals surface area (Å²) < 4.78 is 0. The van der Waals surface area contributed by atoms with Gasteiger partial charge in [-0.15, -0.1) is 0 Å². The van der Waals surface area contributed by atoms with Crippen molar-refractivity contribution in [3.63, 3.8) is 0 Å². The highest BCUT2D eigenvalue weighted by molar-refractivity contribution is 6.31. The molecule has 2 rings (SSSR count). The normalized spacial score (nSPS) is 10.5. The molecule has 0 saturated heterocycles. The van der Waals surface area contributed by atoms with Gasteiger partial charge in [-0.2, -0.15) is 0 Å². The standard InChI is InChI=1S/C17H17ClO/c1-12-4-3-5-14(8-12)10-16(19)11-15-7-6-13(2)9-17(15)18/h3-9H,10-11H2,1-2H3. The Hall–Kier alpha value is -1.60. The van der Waals surface area contributed by atoms with Crippen LogP contribution in [0, 0.1) is 13.8 Å². The molecule has 0 bridgehead atoms. The zero-order chi connectivity index (χ0) is 13.8. The molecular formula is C17H17ClO. The van der Waals surface area contributed by atoms with Crippen molar-refractivity contribution in [2.75, 3.05) is 0 Å². The lowest BCUT2D eigenvalue weighted by Crippen LogP contribution is -2.07. The summed E-state index contributed by atoms with van der Waals surface area (Å²) >= 11 is 6.15. The Morgan fingerprint density at radius 2 is 1.74 bits per heavy atom. The Morgan fingerprint density at radius 3 is 2.42 bits per heavy atom. The van der Waals surface area contributed by atoms with E-state index in [0.717, 1.165) is 16.7 Å². The van der Waals surface area contributed by atoms with E-state index in [0.29, 0.717) is 17.9 Å². The minimum atomic E-state index is 0.191. The van der Waals surface area contributed by atoms with Crippen LogP contribution < -0.4 is 0 Å². The van der Waals surface area contributed by atoms with Crippen LogP contribution in [0.3, 0.4) is 0 Å². The number of carbonyl (C=O) groups excluding carboxylic acids is 1. The number of Topliss-reactive ketones (excluding diaryl/α,β-unsaturated/α-hetero) is 1. The summed E-state index contributed by atoms with van der Waals surface area (Å²) in [6.07, 6.45) is 0.860. The number of halogens is 1. The predicted molar refractivity (Wildman–Crippen MR) is 79.8 cm³/mol. The molecule has 0 aliphatic carbocycles. The van der Waals surface area contributed by atoms with Gasteiger partial charge in [0.05, 0.1) is 0 Å². The van der Waals surface area contributed by atoms with Crippen molar-refractivity contribution in [2.24, 2.45) is 0 Å². The number of ketones is 1. The van der Waals surface area contributed by atoms with Crippen LogP contribution in [0.25, 0.3) is 0 Å². The molecule has 0 amide bonds. The van der Waals surface area contributed by atoms with E-state index in [-0.39, 0.29) is 5.78 Å². The molecule has 0 spiro atoms. The lowest BCUT2D eigenvalue weighted by atomic mass is 10.0. The molecule has 0 N–H and O–H groups in total. The Balaban J connectivity index is 2.05. The van der Waals surface area contributed by atoms with Crippen LogP contribution >= 0.6 is 11.6 Å². The van der Waals surface area contributed by atoms with Gasteiger partial charge in [-0.3, -0.25) is 4.79 Å². The van der Waals surface area contributed by atoms with E-state index in [1.807, 2.05) is 50.2 Å². The van der Waals surface area contributed by atoms with Gasteiger partial charge in [0.2, 0.25) is 0 Å². The third kappa shape index (κ3) is 3.93. The summed E-state index contributed by atoms with van der Waals surface area (Å²) in [5.74, 6) is 0.191. The number of rotatable bonds is 4. The zero-order valence-corrected chi connectivity index (χ0v) is 12.0. The molecule has 2 aromatic rings. The van der Waals surface area contributed by atoms with Crippen LogP contribution in [-0.4, -0.2) is 5.78 Å². The second-order valence-corrected chi connectivity index (χ2v) is 5.38. The monoisotopic (exact) mass is 272 g/mol.